The summed E-state index contributed by atoms with van der Waals surface area (Å²) in [7, 11) is 1.98. The second-order valence-electron chi connectivity index (χ2n) is 6.58. The van der Waals surface area contributed by atoms with Crippen LogP contribution < -0.4 is 15.3 Å². The van der Waals surface area contributed by atoms with E-state index >= 15 is 0 Å². The van der Waals surface area contributed by atoms with E-state index in [9.17, 15) is 4.79 Å². The van der Waals surface area contributed by atoms with E-state index in [1.807, 2.05) is 24.3 Å². The Morgan fingerprint density at radius 3 is 2.67 bits per heavy atom. The molecule has 2 unspecified atom stereocenters. The number of ketones is 1. The highest BCUT2D eigenvalue weighted by Crippen LogP contribution is 2.28. The van der Waals surface area contributed by atoms with E-state index in [1.165, 1.54) is 5.56 Å². The van der Waals surface area contributed by atoms with Gasteiger partial charge in [-0.25, -0.2) is 0 Å². The monoisotopic (exact) mass is 380 g/mol. The van der Waals surface area contributed by atoms with Gasteiger partial charge in [0.1, 0.15) is 5.75 Å². The van der Waals surface area contributed by atoms with Crippen molar-refractivity contribution in [1.82, 2.24) is 0 Å². The van der Waals surface area contributed by atoms with E-state index in [0.29, 0.717) is 14.5 Å². The van der Waals surface area contributed by atoms with Crippen LogP contribution >= 0.6 is 8.58 Å². The van der Waals surface area contributed by atoms with Crippen molar-refractivity contribution in [3.63, 3.8) is 0 Å². The van der Waals surface area contributed by atoms with Gasteiger partial charge in [-0.15, -0.1) is 0 Å². The van der Waals surface area contributed by atoms with Crippen LogP contribution in [-0.2, 0) is 11.2 Å². The Hall–Kier alpha value is -2.22. The third-order valence-corrected chi connectivity index (χ3v) is 5.91. The first-order chi connectivity index (χ1) is 13.2. The minimum atomic E-state index is 0.0905. The van der Waals surface area contributed by atoms with E-state index < -0.39 is 0 Å². The Morgan fingerprint density at radius 2 is 1.93 bits per heavy atom. The number of carbonyl (C=O) groups is 1. The Morgan fingerprint density at radius 1 is 1.11 bits per heavy atom. The maximum absolute atomic E-state index is 12.0. The number of carbonyl (C=O) groups excluding carboxylic acids is 1. The number of ether oxygens (including phenoxy) is 2. The molecule has 0 fully saturated rings. The zero-order valence-corrected chi connectivity index (χ0v) is 16.8. The lowest BCUT2D eigenvalue weighted by Crippen LogP contribution is -2.16. The maximum Gasteiger partial charge on any atom is 0.188 e. The summed E-state index contributed by atoms with van der Waals surface area (Å²) >= 11 is 0. The van der Waals surface area contributed by atoms with Crippen LogP contribution in [0.4, 0.5) is 0 Å². The molecule has 0 amide bonds. The van der Waals surface area contributed by atoms with Crippen LogP contribution in [0.25, 0.3) is 0 Å². The summed E-state index contributed by atoms with van der Waals surface area (Å²) in [6.45, 7) is 1.83. The van der Waals surface area contributed by atoms with Crippen LogP contribution in [0.1, 0.15) is 29.3 Å². The molecule has 0 bridgehead atoms. The summed E-state index contributed by atoms with van der Waals surface area (Å²) in [6, 6.07) is 14.1. The molecule has 3 nitrogen and oxygen atoms in total. The molecule has 0 radical (unpaired) electrons. The highest BCUT2D eigenvalue weighted by atomic mass is 31.1. The van der Waals surface area contributed by atoms with Gasteiger partial charge in [0, 0.05) is 18.0 Å². The highest BCUT2D eigenvalue weighted by Gasteiger charge is 2.16. The molecule has 2 atom stereocenters. The van der Waals surface area contributed by atoms with Crippen LogP contribution in [0.2, 0.25) is 0 Å². The lowest BCUT2D eigenvalue weighted by atomic mass is 9.93. The lowest BCUT2D eigenvalue weighted by molar-refractivity contribution is 0.0511. The van der Waals surface area contributed by atoms with Crippen molar-refractivity contribution in [3.05, 3.63) is 77.9 Å². The van der Waals surface area contributed by atoms with Crippen molar-refractivity contribution in [2.45, 2.75) is 19.8 Å². The van der Waals surface area contributed by atoms with Gasteiger partial charge in [0.15, 0.2) is 12.6 Å². The van der Waals surface area contributed by atoms with Crippen LogP contribution in [-0.4, -0.2) is 19.7 Å². The first kappa shape index (κ1) is 19.5. The number of benzene rings is 2. The molecule has 0 saturated carbocycles. The fourth-order valence-electron chi connectivity index (χ4n) is 3.24. The van der Waals surface area contributed by atoms with Gasteiger partial charge in [0.25, 0.3) is 0 Å². The fourth-order valence-corrected chi connectivity index (χ4v) is 4.63. The van der Waals surface area contributed by atoms with Crippen molar-refractivity contribution in [3.8, 4) is 5.75 Å². The summed E-state index contributed by atoms with van der Waals surface area (Å²) in [6.07, 6.45) is 10.6. The molecule has 140 valence electrons. The van der Waals surface area contributed by atoms with Gasteiger partial charge in [-0.1, -0.05) is 75.3 Å². The SMILES string of the molecule is COCOc1c(CC2C=CC=CC2)cccc1Pc1ccccc1C(C)=O. The number of hydrogen-bond donors (Lipinski definition) is 0. The van der Waals surface area contributed by atoms with Crippen LogP contribution in [0, 0.1) is 5.92 Å². The molecule has 27 heavy (non-hydrogen) atoms. The van der Waals surface area contributed by atoms with Crippen LogP contribution in [0.5, 0.6) is 5.75 Å². The number of para-hydroxylation sites is 1. The molecular weight excluding hydrogens is 355 g/mol. The molecule has 0 N–H and O–H groups in total. The molecule has 0 saturated heterocycles. The number of allylic oxidation sites excluding steroid dienone is 4. The number of hydrogen-bond acceptors (Lipinski definition) is 3. The average molecular weight is 380 g/mol. The molecule has 0 aromatic heterocycles. The fraction of sp³-hybridized carbons (Fsp3) is 0.261. The van der Waals surface area contributed by atoms with E-state index in [0.717, 1.165) is 34.8 Å². The average Bonchev–Trinajstić information content (AvgIpc) is 2.68. The van der Waals surface area contributed by atoms with Crippen LogP contribution in [0.15, 0.2) is 66.8 Å². The molecule has 3 rings (SSSR count). The van der Waals surface area contributed by atoms with Crippen molar-refractivity contribution in [2.24, 2.45) is 5.92 Å². The zero-order chi connectivity index (χ0) is 19.1. The summed E-state index contributed by atoms with van der Waals surface area (Å²) in [5.41, 5.74) is 1.96. The zero-order valence-electron chi connectivity index (χ0n) is 15.8. The van der Waals surface area contributed by atoms with Gasteiger partial charge >= 0.3 is 0 Å². The topological polar surface area (TPSA) is 35.5 Å². The smallest absolute Gasteiger partial charge is 0.188 e. The van der Waals surface area contributed by atoms with Gasteiger partial charge in [-0.05, 0) is 36.6 Å². The van der Waals surface area contributed by atoms with Crippen LogP contribution in [0.3, 0.4) is 0 Å². The van der Waals surface area contributed by atoms with E-state index in [2.05, 4.69) is 42.5 Å². The maximum atomic E-state index is 12.0. The van der Waals surface area contributed by atoms with E-state index in [1.54, 1.807) is 14.0 Å². The quantitative estimate of drug-likeness (QED) is 0.392. The summed E-state index contributed by atoms with van der Waals surface area (Å²) < 4.78 is 11.1. The Bertz CT molecular complexity index is 854. The minimum Gasteiger partial charge on any atom is -0.467 e. The predicted molar refractivity (Wildman–Crippen MR) is 113 cm³/mol. The number of Topliss-reactive ketones (excluding diaryl/α,β-unsaturated/α-hetero) is 1. The largest absolute Gasteiger partial charge is 0.467 e. The molecule has 0 spiro atoms. The van der Waals surface area contributed by atoms with Crippen molar-refractivity contribution < 1.29 is 14.3 Å². The first-order valence-corrected chi connectivity index (χ1v) is 10.1. The Labute approximate surface area is 162 Å². The molecule has 2 aromatic carbocycles. The standard InChI is InChI=1S/C23H25O3P/c1-17(24)20-12-6-7-13-21(20)27-22-14-8-11-19(23(22)26-16-25-2)15-18-9-4-3-5-10-18/h3-9,11-14,18,27H,10,15-16H2,1-2H3. The minimum absolute atomic E-state index is 0.0905. The van der Waals surface area contributed by atoms with E-state index in [4.69, 9.17) is 9.47 Å². The predicted octanol–water partition coefficient (Wildman–Crippen LogP) is 4.18. The van der Waals surface area contributed by atoms with Gasteiger partial charge in [-0.3, -0.25) is 4.79 Å². The lowest BCUT2D eigenvalue weighted by Gasteiger charge is -2.19. The van der Waals surface area contributed by atoms with Crippen molar-refractivity contribution in [1.29, 1.82) is 0 Å². The Balaban J connectivity index is 1.92. The number of methoxy groups -OCH3 is 1. The molecule has 0 heterocycles. The van der Waals surface area contributed by atoms with Crippen molar-refractivity contribution in [2.75, 3.05) is 13.9 Å². The molecule has 0 aliphatic heterocycles. The molecule has 4 heteroatoms. The third-order valence-electron chi connectivity index (χ3n) is 4.54. The molecule has 1 aliphatic carbocycles. The van der Waals surface area contributed by atoms with Gasteiger partial charge < -0.3 is 9.47 Å². The molecular formula is C23H25O3P. The normalized spacial score (nSPS) is 16.1. The summed E-state index contributed by atoms with van der Waals surface area (Å²) in [4.78, 5) is 12.0. The van der Waals surface area contributed by atoms with Crippen molar-refractivity contribution >= 4 is 25.0 Å². The van der Waals surface area contributed by atoms with Gasteiger partial charge in [0.2, 0.25) is 0 Å². The third kappa shape index (κ3) is 5.15. The molecule has 2 aromatic rings. The highest BCUT2D eigenvalue weighted by molar-refractivity contribution is 7.56. The summed E-state index contributed by atoms with van der Waals surface area (Å²) in [5.74, 6) is 1.45. The second-order valence-corrected chi connectivity index (χ2v) is 7.91. The van der Waals surface area contributed by atoms with Gasteiger partial charge in [0.05, 0.1) is 0 Å². The van der Waals surface area contributed by atoms with Gasteiger partial charge in [-0.2, -0.15) is 0 Å². The summed E-state index contributed by atoms with van der Waals surface area (Å²) in [5, 5.41) is 2.15. The number of rotatable bonds is 8. The second kappa shape index (κ2) is 9.64. The Kier molecular flexibility index (Phi) is 6.98. The molecule has 1 aliphatic rings. The first-order valence-electron chi connectivity index (χ1n) is 9.13. The van der Waals surface area contributed by atoms with E-state index in [-0.39, 0.29) is 12.6 Å².